The normalized spacial score (nSPS) is 33.9. The van der Waals surface area contributed by atoms with Crippen molar-refractivity contribution in [1.29, 1.82) is 0 Å². The van der Waals surface area contributed by atoms with Crippen LogP contribution in [0.1, 0.15) is 37.0 Å². The smallest absolute Gasteiger partial charge is 0.127 e. The van der Waals surface area contributed by atoms with Crippen LogP contribution in [0.25, 0.3) is 0 Å². The van der Waals surface area contributed by atoms with Gasteiger partial charge in [-0.05, 0) is 43.7 Å². The predicted octanol–water partition coefficient (Wildman–Crippen LogP) is 2.21. The average molecular weight is 221 g/mol. The SMILES string of the molecule is COC1CCCC2(C1)NCCc1ccoc12. The minimum atomic E-state index is 0.0516. The summed E-state index contributed by atoms with van der Waals surface area (Å²) >= 11 is 0. The Morgan fingerprint density at radius 2 is 2.50 bits per heavy atom. The summed E-state index contributed by atoms with van der Waals surface area (Å²) in [4.78, 5) is 0. The summed E-state index contributed by atoms with van der Waals surface area (Å²) in [6, 6.07) is 2.12. The Kier molecular flexibility index (Phi) is 2.52. The zero-order chi connectivity index (χ0) is 11.0. The first-order chi connectivity index (χ1) is 7.84. The van der Waals surface area contributed by atoms with E-state index in [9.17, 15) is 0 Å². The monoisotopic (exact) mass is 221 g/mol. The minimum Gasteiger partial charge on any atom is -0.467 e. The molecule has 2 unspecified atom stereocenters. The molecule has 3 rings (SSSR count). The maximum Gasteiger partial charge on any atom is 0.127 e. The Morgan fingerprint density at radius 3 is 3.38 bits per heavy atom. The Bertz CT molecular complexity index is 374. The van der Waals surface area contributed by atoms with Gasteiger partial charge in [-0.3, -0.25) is 0 Å². The molecule has 1 N–H and O–H groups in total. The van der Waals surface area contributed by atoms with Gasteiger partial charge in [0.2, 0.25) is 0 Å². The quantitative estimate of drug-likeness (QED) is 0.789. The van der Waals surface area contributed by atoms with Crippen molar-refractivity contribution in [2.75, 3.05) is 13.7 Å². The lowest BCUT2D eigenvalue weighted by Crippen LogP contribution is -2.51. The van der Waals surface area contributed by atoms with Gasteiger partial charge in [0.25, 0.3) is 0 Å². The van der Waals surface area contributed by atoms with Crippen LogP contribution >= 0.6 is 0 Å². The molecule has 2 aliphatic rings. The van der Waals surface area contributed by atoms with Crippen molar-refractivity contribution in [2.45, 2.75) is 43.7 Å². The molecule has 1 aromatic rings. The van der Waals surface area contributed by atoms with E-state index < -0.39 is 0 Å². The molecule has 16 heavy (non-hydrogen) atoms. The van der Waals surface area contributed by atoms with Crippen molar-refractivity contribution in [3.63, 3.8) is 0 Å². The van der Waals surface area contributed by atoms with Gasteiger partial charge in [-0.1, -0.05) is 0 Å². The van der Waals surface area contributed by atoms with Gasteiger partial charge < -0.3 is 14.5 Å². The van der Waals surface area contributed by atoms with Crippen LogP contribution in [0.15, 0.2) is 16.7 Å². The van der Waals surface area contributed by atoms with Crippen LogP contribution in [-0.4, -0.2) is 19.8 Å². The summed E-state index contributed by atoms with van der Waals surface area (Å²) in [6.07, 6.45) is 7.90. The van der Waals surface area contributed by atoms with E-state index >= 15 is 0 Å². The zero-order valence-electron chi connectivity index (χ0n) is 9.79. The van der Waals surface area contributed by atoms with Crippen LogP contribution in [0.2, 0.25) is 0 Å². The van der Waals surface area contributed by atoms with Gasteiger partial charge in [-0.2, -0.15) is 0 Å². The number of hydrogen-bond acceptors (Lipinski definition) is 3. The largest absolute Gasteiger partial charge is 0.467 e. The van der Waals surface area contributed by atoms with Gasteiger partial charge in [-0.15, -0.1) is 0 Å². The van der Waals surface area contributed by atoms with Gasteiger partial charge in [0.05, 0.1) is 17.9 Å². The van der Waals surface area contributed by atoms with Gasteiger partial charge in [0.1, 0.15) is 5.76 Å². The summed E-state index contributed by atoms with van der Waals surface area (Å²) in [6.45, 7) is 1.06. The molecular formula is C13H19NO2. The number of methoxy groups -OCH3 is 1. The van der Waals surface area contributed by atoms with E-state index in [-0.39, 0.29) is 5.54 Å². The molecule has 3 nitrogen and oxygen atoms in total. The first-order valence-electron chi connectivity index (χ1n) is 6.19. The molecule has 1 aliphatic heterocycles. The van der Waals surface area contributed by atoms with Crippen LogP contribution in [-0.2, 0) is 16.7 Å². The van der Waals surface area contributed by atoms with Crippen LogP contribution in [0.3, 0.4) is 0 Å². The lowest BCUT2D eigenvalue weighted by Gasteiger charge is -2.42. The van der Waals surface area contributed by atoms with E-state index in [1.54, 1.807) is 0 Å². The summed E-state index contributed by atoms with van der Waals surface area (Å²) in [5, 5.41) is 3.67. The predicted molar refractivity (Wildman–Crippen MR) is 61.4 cm³/mol. The standard InChI is InChI=1S/C13H19NO2/c1-15-11-3-2-6-13(9-11)12-10(4-7-14-13)5-8-16-12/h5,8,11,14H,2-4,6-7,9H2,1H3. The third-order valence-electron chi connectivity index (χ3n) is 4.08. The van der Waals surface area contributed by atoms with Gasteiger partial charge >= 0.3 is 0 Å². The fourth-order valence-corrected chi connectivity index (χ4v) is 3.26. The maximum atomic E-state index is 5.72. The topological polar surface area (TPSA) is 34.4 Å². The Hall–Kier alpha value is -0.800. The van der Waals surface area contributed by atoms with Gasteiger partial charge in [0.15, 0.2) is 0 Å². The molecule has 0 radical (unpaired) electrons. The van der Waals surface area contributed by atoms with Crippen LogP contribution < -0.4 is 5.32 Å². The van der Waals surface area contributed by atoms with Crippen molar-refractivity contribution in [3.05, 3.63) is 23.7 Å². The average Bonchev–Trinajstić information content (AvgIpc) is 2.79. The summed E-state index contributed by atoms with van der Waals surface area (Å²) in [5.41, 5.74) is 1.44. The van der Waals surface area contributed by atoms with E-state index in [0.717, 1.165) is 19.4 Å². The number of furan rings is 1. The maximum absolute atomic E-state index is 5.72. The fraction of sp³-hybridized carbons (Fsp3) is 0.692. The molecule has 0 aromatic carbocycles. The molecule has 1 aromatic heterocycles. The molecule has 88 valence electrons. The van der Waals surface area contributed by atoms with Crippen molar-refractivity contribution >= 4 is 0 Å². The highest BCUT2D eigenvalue weighted by Crippen LogP contribution is 2.41. The molecule has 0 amide bonds. The molecule has 0 bridgehead atoms. The molecule has 3 heteroatoms. The van der Waals surface area contributed by atoms with E-state index in [2.05, 4.69) is 11.4 Å². The number of hydrogen-bond donors (Lipinski definition) is 1. The second-order valence-corrected chi connectivity index (χ2v) is 4.99. The summed E-state index contributed by atoms with van der Waals surface area (Å²) in [7, 11) is 1.82. The van der Waals surface area contributed by atoms with Crippen LogP contribution in [0.5, 0.6) is 0 Å². The minimum absolute atomic E-state index is 0.0516. The summed E-state index contributed by atoms with van der Waals surface area (Å²) < 4.78 is 11.3. The molecule has 1 spiro atoms. The zero-order valence-corrected chi connectivity index (χ0v) is 9.79. The Balaban J connectivity index is 1.94. The van der Waals surface area contributed by atoms with Crippen molar-refractivity contribution < 1.29 is 9.15 Å². The highest BCUT2D eigenvalue weighted by Gasteiger charge is 2.43. The molecule has 1 aliphatic carbocycles. The van der Waals surface area contributed by atoms with E-state index in [0.29, 0.717) is 6.10 Å². The molecule has 0 saturated heterocycles. The van der Waals surface area contributed by atoms with Crippen molar-refractivity contribution in [2.24, 2.45) is 0 Å². The third-order valence-corrected chi connectivity index (χ3v) is 4.08. The summed E-state index contributed by atoms with van der Waals surface area (Å²) in [5.74, 6) is 1.17. The first kappa shape index (κ1) is 10.4. The van der Waals surface area contributed by atoms with E-state index in [1.807, 2.05) is 13.4 Å². The Labute approximate surface area is 96.2 Å². The van der Waals surface area contributed by atoms with Gasteiger partial charge in [-0.25, -0.2) is 0 Å². The lowest BCUT2D eigenvalue weighted by molar-refractivity contribution is 0.0198. The number of ether oxygens (including phenoxy) is 1. The second kappa shape index (κ2) is 3.90. The first-order valence-corrected chi connectivity index (χ1v) is 6.19. The molecule has 1 fully saturated rings. The highest BCUT2D eigenvalue weighted by atomic mass is 16.5. The highest BCUT2D eigenvalue weighted by molar-refractivity contribution is 5.29. The molecule has 2 heterocycles. The second-order valence-electron chi connectivity index (χ2n) is 4.99. The third kappa shape index (κ3) is 1.50. The lowest BCUT2D eigenvalue weighted by atomic mass is 9.75. The number of fused-ring (bicyclic) bond motifs is 2. The Morgan fingerprint density at radius 1 is 1.56 bits per heavy atom. The van der Waals surface area contributed by atoms with E-state index in [1.165, 1.54) is 30.6 Å². The van der Waals surface area contributed by atoms with Gasteiger partial charge in [0, 0.05) is 13.7 Å². The number of rotatable bonds is 1. The van der Waals surface area contributed by atoms with Crippen molar-refractivity contribution in [1.82, 2.24) is 5.32 Å². The molecule has 2 atom stereocenters. The van der Waals surface area contributed by atoms with E-state index in [4.69, 9.17) is 9.15 Å². The number of nitrogens with one attached hydrogen (secondary N) is 1. The van der Waals surface area contributed by atoms with Crippen LogP contribution in [0, 0.1) is 0 Å². The molecule has 1 saturated carbocycles. The van der Waals surface area contributed by atoms with Crippen LogP contribution in [0.4, 0.5) is 0 Å². The van der Waals surface area contributed by atoms with Crippen molar-refractivity contribution in [3.8, 4) is 0 Å². The fourth-order valence-electron chi connectivity index (χ4n) is 3.26. The molecular weight excluding hydrogens is 202 g/mol.